The third-order valence-electron chi connectivity index (χ3n) is 3.66. The number of rotatable bonds is 4. The maximum absolute atomic E-state index is 12.4. The summed E-state index contributed by atoms with van der Waals surface area (Å²) in [7, 11) is -3.46. The molecule has 1 saturated carbocycles. The molecule has 1 unspecified atom stereocenters. The maximum atomic E-state index is 12.4. The molecule has 2 rings (SSSR count). The lowest BCUT2D eigenvalue weighted by molar-refractivity contribution is 0.285. The van der Waals surface area contributed by atoms with E-state index in [4.69, 9.17) is 5.11 Å². The molecule has 4 nitrogen and oxygen atoms in total. The van der Waals surface area contributed by atoms with Gasteiger partial charge in [-0.05, 0) is 37.7 Å². The van der Waals surface area contributed by atoms with Crippen molar-refractivity contribution >= 4 is 21.4 Å². The molecule has 0 amide bonds. The molecule has 6 heteroatoms. The van der Waals surface area contributed by atoms with Crippen molar-refractivity contribution in [2.75, 3.05) is 0 Å². The van der Waals surface area contributed by atoms with Gasteiger partial charge in [0, 0.05) is 15.8 Å². The van der Waals surface area contributed by atoms with Crippen LogP contribution in [-0.2, 0) is 16.6 Å². The number of aliphatic hydroxyl groups is 1. The maximum Gasteiger partial charge on any atom is 0.241 e. The van der Waals surface area contributed by atoms with E-state index < -0.39 is 10.0 Å². The summed E-state index contributed by atoms with van der Waals surface area (Å²) in [5.41, 5.74) is 0.215. The van der Waals surface area contributed by atoms with Crippen LogP contribution in [-0.4, -0.2) is 19.6 Å². The van der Waals surface area contributed by atoms with Gasteiger partial charge >= 0.3 is 0 Å². The summed E-state index contributed by atoms with van der Waals surface area (Å²) in [5, 5.41) is 9.09. The van der Waals surface area contributed by atoms with Gasteiger partial charge in [0.1, 0.15) is 0 Å². The first-order valence-corrected chi connectivity index (χ1v) is 8.76. The average molecular weight is 303 g/mol. The van der Waals surface area contributed by atoms with Crippen LogP contribution in [0.15, 0.2) is 11.0 Å². The standard InChI is InChI=1S/C13H21NO3S2/c1-9-12(6-11(8-15)18-9)19(16,17)14-10-4-5-13(2,3)7-10/h6,10,14-15H,4-5,7-8H2,1-3H3. The van der Waals surface area contributed by atoms with E-state index in [0.29, 0.717) is 9.77 Å². The average Bonchev–Trinajstić information content (AvgIpc) is 2.81. The lowest BCUT2D eigenvalue weighted by atomic mass is 9.92. The Hall–Kier alpha value is -0.430. The highest BCUT2D eigenvalue weighted by Gasteiger charge is 2.34. The molecule has 108 valence electrons. The molecule has 1 aromatic rings. The zero-order valence-corrected chi connectivity index (χ0v) is 13.2. The number of aryl methyl sites for hydroxylation is 1. The van der Waals surface area contributed by atoms with Crippen LogP contribution < -0.4 is 4.72 Å². The number of nitrogens with one attached hydrogen (secondary N) is 1. The summed E-state index contributed by atoms with van der Waals surface area (Å²) in [6.45, 7) is 6.00. The van der Waals surface area contributed by atoms with Gasteiger partial charge in [-0.3, -0.25) is 0 Å². The summed E-state index contributed by atoms with van der Waals surface area (Å²) in [6, 6.07) is 1.60. The highest BCUT2D eigenvalue weighted by molar-refractivity contribution is 7.89. The van der Waals surface area contributed by atoms with Crippen molar-refractivity contribution in [1.82, 2.24) is 4.72 Å². The summed E-state index contributed by atoms with van der Waals surface area (Å²) in [4.78, 5) is 1.73. The number of sulfonamides is 1. The van der Waals surface area contributed by atoms with Gasteiger partial charge in [-0.15, -0.1) is 11.3 Å². The summed E-state index contributed by atoms with van der Waals surface area (Å²) in [6.07, 6.45) is 2.81. The third kappa shape index (κ3) is 3.37. The van der Waals surface area contributed by atoms with E-state index in [1.54, 1.807) is 13.0 Å². The van der Waals surface area contributed by atoms with Crippen molar-refractivity contribution in [2.24, 2.45) is 5.41 Å². The van der Waals surface area contributed by atoms with Crippen molar-refractivity contribution in [3.05, 3.63) is 15.8 Å². The smallest absolute Gasteiger partial charge is 0.241 e. The van der Waals surface area contributed by atoms with Gasteiger partial charge in [0.05, 0.1) is 11.5 Å². The summed E-state index contributed by atoms with van der Waals surface area (Å²) < 4.78 is 27.5. The van der Waals surface area contributed by atoms with Gasteiger partial charge in [0.25, 0.3) is 0 Å². The van der Waals surface area contributed by atoms with E-state index in [0.717, 1.165) is 24.1 Å². The summed E-state index contributed by atoms with van der Waals surface area (Å²) >= 11 is 1.33. The molecule has 0 saturated heterocycles. The minimum atomic E-state index is -3.46. The predicted molar refractivity (Wildman–Crippen MR) is 76.7 cm³/mol. The lowest BCUT2D eigenvalue weighted by Gasteiger charge is -2.17. The van der Waals surface area contributed by atoms with Gasteiger partial charge in [-0.1, -0.05) is 13.8 Å². The quantitative estimate of drug-likeness (QED) is 0.897. The van der Waals surface area contributed by atoms with Gasteiger partial charge < -0.3 is 5.11 Å². The fourth-order valence-corrected chi connectivity index (χ4v) is 5.45. The van der Waals surface area contributed by atoms with Crippen LogP contribution in [0.25, 0.3) is 0 Å². The molecule has 19 heavy (non-hydrogen) atoms. The largest absolute Gasteiger partial charge is 0.391 e. The molecular weight excluding hydrogens is 282 g/mol. The number of hydrogen-bond acceptors (Lipinski definition) is 4. The molecular formula is C13H21NO3S2. The first-order chi connectivity index (χ1) is 8.73. The molecule has 2 N–H and O–H groups in total. The van der Waals surface area contributed by atoms with Crippen LogP contribution >= 0.6 is 11.3 Å². The van der Waals surface area contributed by atoms with Gasteiger partial charge in [0.15, 0.2) is 0 Å². The molecule has 0 aliphatic heterocycles. The SMILES string of the molecule is Cc1sc(CO)cc1S(=O)(=O)NC1CCC(C)(C)C1. The molecule has 1 aliphatic rings. The van der Waals surface area contributed by atoms with E-state index in [9.17, 15) is 8.42 Å². The highest BCUT2D eigenvalue weighted by Crippen LogP contribution is 2.37. The van der Waals surface area contributed by atoms with Gasteiger partial charge in [-0.25, -0.2) is 13.1 Å². The second-order valence-electron chi connectivity index (χ2n) is 6.02. The Bertz CT molecular complexity index is 560. The second kappa shape index (κ2) is 5.16. The highest BCUT2D eigenvalue weighted by atomic mass is 32.2. The van der Waals surface area contributed by atoms with Gasteiger partial charge in [-0.2, -0.15) is 0 Å². The number of thiophene rings is 1. The molecule has 0 spiro atoms. The van der Waals surface area contributed by atoms with E-state index in [1.807, 2.05) is 0 Å². The molecule has 1 heterocycles. The Kier molecular flexibility index (Phi) is 4.07. The van der Waals surface area contributed by atoms with Crippen molar-refractivity contribution in [3.8, 4) is 0 Å². The molecule has 1 atom stereocenters. The zero-order valence-electron chi connectivity index (χ0n) is 11.6. The molecule has 1 aromatic heterocycles. The normalized spacial score (nSPS) is 22.8. The zero-order chi connectivity index (χ0) is 14.3. The first-order valence-electron chi connectivity index (χ1n) is 6.46. The molecule has 0 bridgehead atoms. The van der Waals surface area contributed by atoms with E-state index in [-0.39, 0.29) is 18.1 Å². The fraction of sp³-hybridized carbons (Fsp3) is 0.692. The van der Waals surface area contributed by atoms with Crippen molar-refractivity contribution in [2.45, 2.75) is 57.6 Å². The van der Waals surface area contributed by atoms with Crippen molar-refractivity contribution in [1.29, 1.82) is 0 Å². The van der Waals surface area contributed by atoms with Crippen LogP contribution in [0.4, 0.5) is 0 Å². The summed E-state index contributed by atoms with van der Waals surface area (Å²) in [5.74, 6) is 0. The van der Waals surface area contributed by atoms with Crippen LogP contribution in [0.1, 0.15) is 42.9 Å². The van der Waals surface area contributed by atoms with E-state index in [1.165, 1.54) is 11.3 Å². The minimum absolute atomic E-state index is 0.0249. The monoisotopic (exact) mass is 303 g/mol. The first kappa shape index (κ1) is 15.0. The topological polar surface area (TPSA) is 66.4 Å². The van der Waals surface area contributed by atoms with E-state index in [2.05, 4.69) is 18.6 Å². The third-order valence-corrected chi connectivity index (χ3v) is 6.47. The molecule has 1 aliphatic carbocycles. The van der Waals surface area contributed by atoms with E-state index >= 15 is 0 Å². The predicted octanol–water partition coefficient (Wildman–Crippen LogP) is 2.41. The minimum Gasteiger partial charge on any atom is -0.391 e. The van der Waals surface area contributed by atoms with Crippen LogP contribution in [0, 0.1) is 12.3 Å². The Labute approximate surface area is 118 Å². The number of aliphatic hydroxyl groups excluding tert-OH is 1. The molecule has 0 aromatic carbocycles. The van der Waals surface area contributed by atoms with Crippen molar-refractivity contribution in [3.63, 3.8) is 0 Å². The van der Waals surface area contributed by atoms with Crippen LogP contribution in [0.3, 0.4) is 0 Å². The van der Waals surface area contributed by atoms with Crippen LogP contribution in [0.5, 0.6) is 0 Å². The lowest BCUT2D eigenvalue weighted by Crippen LogP contribution is -2.33. The van der Waals surface area contributed by atoms with Crippen LogP contribution in [0.2, 0.25) is 0 Å². The Morgan fingerprint density at radius 3 is 2.68 bits per heavy atom. The van der Waals surface area contributed by atoms with Gasteiger partial charge in [0.2, 0.25) is 10.0 Å². The number of hydrogen-bond donors (Lipinski definition) is 2. The molecule has 1 fully saturated rings. The fourth-order valence-electron chi connectivity index (χ4n) is 2.69. The Morgan fingerprint density at radius 1 is 1.53 bits per heavy atom. The Morgan fingerprint density at radius 2 is 2.21 bits per heavy atom. The van der Waals surface area contributed by atoms with Crippen molar-refractivity contribution < 1.29 is 13.5 Å². The second-order valence-corrected chi connectivity index (χ2v) is 9.04. The Balaban J connectivity index is 2.16. The molecule has 0 radical (unpaired) electrons.